The molecule has 2 aromatic carbocycles. The summed E-state index contributed by atoms with van der Waals surface area (Å²) in [5.41, 5.74) is 1.69. The van der Waals surface area contributed by atoms with Gasteiger partial charge in [-0.3, -0.25) is 4.79 Å². The molecule has 0 aliphatic carbocycles. The number of amides is 1. The summed E-state index contributed by atoms with van der Waals surface area (Å²) >= 11 is 8.25. The molecule has 7 nitrogen and oxygen atoms in total. The molecule has 0 bridgehead atoms. The molecule has 1 heterocycles. The minimum Gasteiger partial charge on any atom is -0.452 e. The van der Waals surface area contributed by atoms with Crippen molar-refractivity contribution < 1.29 is 14.3 Å². The third-order valence-electron chi connectivity index (χ3n) is 4.19. The number of benzene rings is 2. The van der Waals surface area contributed by atoms with Gasteiger partial charge in [0, 0.05) is 12.2 Å². The Labute approximate surface area is 192 Å². The van der Waals surface area contributed by atoms with E-state index in [2.05, 4.69) is 5.10 Å². The molecule has 0 radical (unpaired) electrons. The van der Waals surface area contributed by atoms with Gasteiger partial charge in [0.25, 0.3) is 5.91 Å². The number of hydrogen-bond donors (Lipinski definition) is 0. The molecule has 1 amide bonds. The highest BCUT2D eigenvalue weighted by Gasteiger charge is 2.18. The van der Waals surface area contributed by atoms with Crippen LogP contribution in [0.25, 0.3) is 5.69 Å². The number of hydrogen-bond acceptors (Lipinski definition) is 8. The number of anilines is 1. The third-order valence-corrected chi connectivity index (χ3v) is 6.40. The molecule has 31 heavy (non-hydrogen) atoms. The molecule has 0 saturated carbocycles. The summed E-state index contributed by atoms with van der Waals surface area (Å²) < 4.78 is 8.31. The second-order valence-electron chi connectivity index (χ2n) is 6.16. The van der Waals surface area contributed by atoms with Crippen LogP contribution in [0.3, 0.4) is 0 Å². The first kappa shape index (κ1) is 22.7. The first-order chi connectivity index (χ1) is 15.0. The Balaban J connectivity index is 1.65. The number of nitriles is 1. The lowest BCUT2D eigenvalue weighted by Gasteiger charge is -2.21. The van der Waals surface area contributed by atoms with E-state index < -0.39 is 18.5 Å². The van der Waals surface area contributed by atoms with Crippen molar-refractivity contribution in [2.75, 3.05) is 24.3 Å². The van der Waals surface area contributed by atoms with E-state index >= 15 is 0 Å². The third kappa shape index (κ3) is 5.79. The van der Waals surface area contributed by atoms with Crippen LogP contribution in [0.15, 0.2) is 58.9 Å². The Hall–Kier alpha value is -3.00. The van der Waals surface area contributed by atoms with Crippen molar-refractivity contribution in [2.45, 2.75) is 10.8 Å². The highest BCUT2D eigenvalue weighted by Crippen LogP contribution is 2.22. The molecule has 0 unspecified atom stereocenters. The molecule has 0 N–H and O–H groups in total. The fourth-order valence-corrected chi connectivity index (χ4v) is 4.48. The van der Waals surface area contributed by atoms with Gasteiger partial charge in [-0.15, -0.1) is 5.10 Å². The maximum atomic E-state index is 12.6. The van der Waals surface area contributed by atoms with E-state index in [0.29, 0.717) is 15.2 Å². The zero-order valence-corrected chi connectivity index (χ0v) is 19.0. The van der Waals surface area contributed by atoms with Gasteiger partial charge in [-0.05, 0) is 54.9 Å². The molecule has 0 fully saturated rings. The van der Waals surface area contributed by atoms with E-state index in [4.69, 9.17) is 22.2 Å². The number of thioether (sulfide) groups is 1. The average molecular weight is 471 g/mol. The van der Waals surface area contributed by atoms with Crippen molar-refractivity contribution in [2.24, 2.45) is 0 Å². The fourth-order valence-electron chi connectivity index (χ4n) is 2.70. The molecule has 0 aliphatic heterocycles. The van der Waals surface area contributed by atoms with E-state index in [1.165, 1.54) is 28.0 Å². The van der Waals surface area contributed by atoms with E-state index in [-0.39, 0.29) is 13.0 Å². The van der Waals surface area contributed by atoms with Crippen molar-refractivity contribution in [1.82, 2.24) is 9.78 Å². The number of carbonyl (C=O) groups is 2. The molecule has 1 aromatic heterocycles. The summed E-state index contributed by atoms with van der Waals surface area (Å²) in [5, 5.41) is 13.3. The molecule has 0 atom stereocenters. The number of ether oxygens (including phenoxy) is 1. The number of nitrogens with zero attached hydrogens (tertiary/aromatic N) is 4. The van der Waals surface area contributed by atoms with Crippen LogP contribution in [0, 0.1) is 15.3 Å². The SMILES string of the molecule is CSc1nn(-c2ccc(C(=O)OCC(=O)N(CCC#N)c3ccccc3)cc2)c(=S)s1. The van der Waals surface area contributed by atoms with Crippen LogP contribution in [0.5, 0.6) is 0 Å². The molecule has 0 spiro atoms. The van der Waals surface area contributed by atoms with Crippen LogP contribution in [0.4, 0.5) is 5.69 Å². The quantitative estimate of drug-likeness (QED) is 0.272. The van der Waals surface area contributed by atoms with Crippen LogP contribution < -0.4 is 4.90 Å². The predicted molar refractivity (Wildman–Crippen MR) is 123 cm³/mol. The summed E-state index contributed by atoms with van der Waals surface area (Å²) in [6.45, 7) is -0.201. The summed E-state index contributed by atoms with van der Waals surface area (Å²) in [6, 6.07) is 17.6. The second-order valence-corrected chi connectivity index (χ2v) is 8.84. The Morgan fingerprint density at radius 2 is 1.94 bits per heavy atom. The number of para-hydroxylation sites is 1. The van der Waals surface area contributed by atoms with Crippen molar-refractivity contribution in [1.29, 1.82) is 5.26 Å². The van der Waals surface area contributed by atoms with Gasteiger partial charge in [0.15, 0.2) is 14.9 Å². The normalized spacial score (nSPS) is 10.3. The van der Waals surface area contributed by atoms with Crippen molar-refractivity contribution >= 4 is 52.9 Å². The van der Waals surface area contributed by atoms with E-state index in [9.17, 15) is 9.59 Å². The maximum absolute atomic E-state index is 12.6. The van der Waals surface area contributed by atoms with E-state index in [1.54, 1.807) is 53.2 Å². The van der Waals surface area contributed by atoms with Crippen LogP contribution >= 0.6 is 35.3 Å². The Kier molecular flexibility index (Phi) is 7.94. The highest BCUT2D eigenvalue weighted by molar-refractivity contribution is 8.00. The van der Waals surface area contributed by atoms with Gasteiger partial charge in [-0.2, -0.15) is 5.26 Å². The number of carbonyl (C=O) groups excluding carboxylic acids is 2. The van der Waals surface area contributed by atoms with E-state index in [1.807, 2.05) is 18.4 Å². The minimum absolute atomic E-state index is 0.174. The fraction of sp³-hybridized carbons (Fsp3) is 0.190. The van der Waals surface area contributed by atoms with Crippen LogP contribution in [-0.2, 0) is 9.53 Å². The van der Waals surface area contributed by atoms with Gasteiger partial charge >= 0.3 is 5.97 Å². The zero-order valence-electron chi connectivity index (χ0n) is 16.6. The van der Waals surface area contributed by atoms with Gasteiger partial charge < -0.3 is 9.64 Å². The molecule has 0 saturated heterocycles. The number of esters is 1. The van der Waals surface area contributed by atoms with Crippen molar-refractivity contribution in [3.05, 3.63) is 64.1 Å². The van der Waals surface area contributed by atoms with Gasteiger partial charge in [0.05, 0.1) is 23.7 Å². The largest absolute Gasteiger partial charge is 0.452 e. The van der Waals surface area contributed by atoms with Gasteiger partial charge in [-0.25, -0.2) is 9.48 Å². The zero-order chi connectivity index (χ0) is 22.2. The molecule has 3 rings (SSSR count). The second kappa shape index (κ2) is 10.9. The summed E-state index contributed by atoms with van der Waals surface area (Å²) in [7, 11) is 0. The molecular weight excluding hydrogens is 452 g/mol. The topological polar surface area (TPSA) is 88.2 Å². The minimum atomic E-state index is -0.611. The number of rotatable bonds is 8. The molecule has 3 aromatic rings. The Morgan fingerprint density at radius 1 is 1.23 bits per heavy atom. The summed E-state index contributed by atoms with van der Waals surface area (Å²) in [6.07, 6.45) is 2.10. The average Bonchev–Trinajstić information content (AvgIpc) is 3.19. The lowest BCUT2D eigenvalue weighted by atomic mass is 10.2. The van der Waals surface area contributed by atoms with Gasteiger partial charge in [-0.1, -0.05) is 41.3 Å². The summed E-state index contributed by atoms with van der Waals surface area (Å²) in [4.78, 5) is 26.4. The van der Waals surface area contributed by atoms with Crippen molar-refractivity contribution in [3.8, 4) is 11.8 Å². The van der Waals surface area contributed by atoms with Gasteiger partial charge in [0.1, 0.15) is 0 Å². The molecule has 158 valence electrons. The smallest absolute Gasteiger partial charge is 0.338 e. The number of aromatic nitrogens is 2. The van der Waals surface area contributed by atoms with Gasteiger partial charge in [0.2, 0.25) is 0 Å². The van der Waals surface area contributed by atoms with Crippen LogP contribution in [0.2, 0.25) is 0 Å². The standard InChI is InChI=1S/C21H18N4O3S3/c1-30-20-23-25(21(29)31-20)17-10-8-15(9-11-17)19(27)28-14-18(26)24(13-5-12-22)16-6-3-2-4-7-16/h2-4,6-11H,5,13-14H2,1H3. The van der Waals surface area contributed by atoms with Crippen LogP contribution in [-0.4, -0.2) is 41.1 Å². The molecular formula is C21H18N4O3S3. The highest BCUT2D eigenvalue weighted by atomic mass is 32.2. The van der Waals surface area contributed by atoms with E-state index in [0.717, 1.165) is 10.0 Å². The summed E-state index contributed by atoms with van der Waals surface area (Å²) in [5.74, 6) is -1.01. The maximum Gasteiger partial charge on any atom is 0.338 e. The Morgan fingerprint density at radius 3 is 2.55 bits per heavy atom. The van der Waals surface area contributed by atoms with Crippen LogP contribution in [0.1, 0.15) is 16.8 Å². The lowest BCUT2D eigenvalue weighted by Crippen LogP contribution is -2.35. The first-order valence-corrected chi connectivity index (χ1v) is 11.6. The van der Waals surface area contributed by atoms with Crippen molar-refractivity contribution in [3.63, 3.8) is 0 Å². The monoisotopic (exact) mass is 470 g/mol. The Bertz CT molecular complexity index is 1150. The lowest BCUT2D eigenvalue weighted by molar-refractivity contribution is -0.121. The molecule has 10 heteroatoms. The molecule has 0 aliphatic rings. The predicted octanol–water partition coefficient (Wildman–Crippen LogP) is 4.49. The first-order valence-electron chi connectivity index (χ1n) is 9.17.